The van der Waals surface area contributed by atoms with Crippen molar-refractivity contribution in [3.05, 3.63) is 82.3 Å². The Morgan fingerprint density at radius 1 is 1.19 bits per heavy atom. The molecule has 31 heavy (non-hydrogen) atoms. The highest BCUT2D eigenvalue weighted by atomic mass is 35.5. The molecule has 4 aromatic rings. The highest BCUT2D eigenvalue weighted by Gasteiger charge is 2.29. The fourth-order valence-corrected chi connectivity index (χ4v) is 4.19. The van der Waals surface area contributed by atoms with Crippen LogP contribution in [0.4, 0.5) is 0 Å². The molecule has 3 aromatic heterocycles. The number of hydrogen-bond donors (Lipinski definition) is 1. The lowest BCUT2D eigenvalue weighted by atomic mass is 10.0. The first-order valence-electron chi connectivity index (χ1n) is 10.4. The summed E-state index contributed by atoms with van der Waals surface area (Å²) < 4.78 is 1.73. The van der Waals surface area contributed by atoms with Crippen LogP contribution in [0.3, 0.4) is 0 Å². The Morgan fingerprint density at radius 3 is 2.68 bits per heavy atom. The first-order valence-corrected chi connectivity index (χ1v) is 10.8. The molecule has 5 rings (SSSR count). The van der Waals surface area contributed by atoms with Crippen LogP contribution in [0.25, 0.3) is 16.9 Å². The van der Waals surface area contributed by atoms with Gasteiger partial charge in [0.05, 0.1) is 22.7 Å². The molecule has 1 aromatic carbocycles. The normalized spacial score (nSPS) is 14.5. The predicted molar refractivity (Wildman–Crippen MR) is 121 cm³/mol. The number of amides is 1. The molecule has 0 aliphatic heterocycles. The maximum atomic E-state index is 13.4. The van der Waals surface area contributed by atoms with Crippen molar-refractivity contribution in [3.8, 4) is 5.82 Å². The second kappa shape index (κ2) is 7.78. The molecule has 1 fully saturated rings. The monoisotopic (exact) mass is 431 g/mol. The average molecular weight is 432 g/mol. The van der Waals surface area contributed by atoms with Gasteiger partial charge < -0.3 is 5.32 Å². The van der Waals surface area contributed by atoms with Crippen molar-refractivity contribution in [2.75, 3.05) is 0 Å². The Hall–Kier alpha value is -3.25. The van der Waals surface area contributed by atoms with Crippen molar-refractivity contribution >= 4 is 28.5 Å². The summed E-state index contributed by atoms with van der Waals surface area (Å²) in [5.41, 5.74) is 3.80. The summed E-state index contributed by atoms with van der Waals surface area (Å²) in [7, 11) is 0. The van der Waals surface area contributed by atoms with E-state index in [9.17, 15) is 4.79 Å². The number of carbonyl (C=O) groups is 1. The maximum Gasteiger partial charge on any atom is 0.252 e. The highest BCUT2D eigenvalue weighted by Crippen LogP contribution is 2.40. The summed E-state index contributed by atoms with van der Waals surface area (Å²) in [6, 6.07) is 14.9. The minimum atomic E-state index is -0.236. The van der Waals surface area contributed by atoms with E-state index in [-0.39, 0.29) is 11.9 Å². The van der Waals surface area contributed by atoms with Crippen LogP contribution >= 0.6 is 11.6 Å². The highest BCUT2D eigenvalue weighted by molar-refractivity contribution is 6.31. The number of carbonyl (C=O) groups excluding carboxylic acids is 1. The summed E-state index contributed by atoms with van der Waals surface area (Å²) in [5, 5.41) is 9.15. The molecular formula is C24H22ClN5O. The molecule has 0 bridgehead atoms. The molecular weight excluding hydrogens is 410 g/mol. The van der Waals surface area contributed by atoms with Gasteiger partial charge >= 0.3 is 0 Å². The smallest absolute Gasteiger partial charge is 0.252 e. The van der Waals surface area contributed by atoms with Crippen molar-refractivity contribution in [1.82, 2.24) is 25.1 Å². The number of benzene rings is 1. The quantitative estimate of drug-likeness (QED) is 0.474. The van der Waals surface area contributed by atoms with Crippen molar-refractivity contribution in [2.45, 2.75) is 38.6 Å². The van der Waals surface area contributed by atoms with Crippen molar-refractivity contribution < 1.29 is 4.79 Å². The van der Waals surface area contributed by atoms with E-state index >= 15 is 0 Å². The summed E-state index contributed by atoms with van der Waals surface area (Å²) in [6.45, 7) is 3.83. The first-order chi connectivity index (χ1) is 15.0. The molecule has 1 saturated carbocycles. The standard InChI is InChI=1S/C24H22ClN5O/c1-14(17-7-3-4-8-19(17)25)27-24(31)18-13-20(16-10-11-16)28-23-22(18)15(2)29-30(23)21-9-5-6-12-26-21/h3-9,12-14,16H,10-11H2,1-2H3,(H,27,31). The van der Waals surface area contributed by atoms with Crippen LogP contribution in [-0.2, 0) is 0 Å². The molecule has 0 saturated heterocycles. The third-order valence-electron chi connectivity index (χ3n) is 5.66. The molecule has 6 nitrogen and oxygen atoms in total. The Bertz CT molecular complexity index is 1280. The number of halogens is 1. The van der Waals surface area contributed by atoms with Crippen LogP contribution < -0.4 is 5.32 Å². The van der Waals surface area contributed by atoms with E-state index in [1.54, 1.807) is 10.9 Å². The van der Waals surface area contributed by atoms with E-state index in [0.717, 1.165) is 35.2 Å². The third kappa shape index (κ3) is 3.68. The van der Waals surface area contributed by atoms with Gasteiger partial charge in [-0.2, -0.15) is 9.78 Å². The van der Waals surface area contributed by atoms with E-state index in [0.29, 0.717) is 28.0 Å². The second-order valence-corrected chi connectivity index (χ2v) is 8.38. The second-order valence-electron chi connectivity index (χ2n) is 7.97. The number of pyridine rings is 2. The Morgan fingerprint density at radius 2 is 1.97 bits per heavy atom. The molecule has 1 N–H and O–H groups in total. The van der Waals surface area contributed by atoms with Crippen LogP contribution in [0.5, 0.6) is 0 Å². The van der Waals surface area contributed by atoms with Gasteiger partial charge in [-0.15, -0.1) is 0 Å². The van der Waals surface area contributed by atoms with Gasteiger partial charge in [0.2, 0.25) is 0 Å². The molecule has 1 amide bonds. The molecule has 1 aliphatic carbocycles. The number of aromatic nitrogens is 4. The van der Waals surface area contributed by atoms with Gasteiger partial charge in [0.15, 0.2) is 11.5 Å². The van der Waals surface area contributed by atoms with Crippen LogP contribution in [0, 0.1) is 6.92 Å². The lowest BCUT2D eigenvalue weighted by Crippen LogP contribution is -2.27. The van der Waals surface area contributed by atoms with Gasteiger partial charge in [-0.05, 0) is 56.5 Å². The molecule has 156 valence electrons. The molecule has 1 unspecified atom stereocenters. The fraction of sp³-hybridized carbons (Fsp3) is 0.250. The van der Waals surface area contributed by atoms with Gasteiger partial charge in [0, 0.05) is 22.8 Å². The van der Waals surface area contributed by atoms with Gasteiger partial charge in [-0.3, -0.25) is 4.79 Å². The van der Waals surface area contributed by atoms with Crippen LogP contribution in [0.15, 0.2) is 54.7 Å². The Balaban J connectivity index is 1.60. The zero-order valence-corrected chi connectivity index (χ0v) is 18.1. The van der Waals surface area contributed by atoms with Crippen molar-refractivity contribution in [1.29, 1.82) is 0 Å². The minimum Gasteiger partial charge on any atom is -0.345 e. The number of fused-ring (bicyclic) bond motifs is 1. The lowest BCUT2D eigenvalue weighted by Gasteiger charge is -2.16. The number of rotatable bonds is 5. The molecule has 0 radical (unpaired) electrons. The molecule has 0 spiro atoms. The summed E-state index contributed by atoms with van der Waals surface area (Å²) in [4.78, 5) is 22.7. The zero-order valence-electron chi connectivity index (χ0n) is 17.3. The number of nitrogens with one attached hydrogen (secondary N) is 1. The van der Waals surface area contributed by atoms with Crippen LogP contribution in [-0.4, -0.2) is 25.7 Å². The largest absolute Gasteiger partial charge is 0.345 e. The van der Waals surface area contributed by atoms with Crippen LogP contribution in [0.1, 0.15) is 59.0 Å². The fourth-order valence-electron chi connectivity index (χ4n) is 3.89. The molecule has 3 heterocycles. The number of nitrogens with zero attached hydrogens (tertiary/aromatic N) is 4. The lowest BCUT2D eigenvalue weighted by molar-refractivity contribution is 0.0941. The van der Waals surface area contributed by atoms with E-state index in [4.69, 9.17) is 16.6 Å². The summed E-state index contributed by atoms with van der Waals surface area (Å²) in [6.07, 6.45) is 3.90. The van der Waals surface area contributed by atoms with E-state index < -0.39 is 0 Å². The number of aryl methyl sites for hydroxylation is 1. The topological polar surface area (TPSA) is 72.7 Å². The van der Waals surface area contributed by atoms with Crippen molar-refractivity contribution in [3.63, 3.8) is 0 Å². The average Bonchev–Trinajstić information content (AvgIpc) is 3.58. The first kappa shape index (κ1) is 19.7. The molecule has 7 heteroatoms. The number of hydrogen-bond acceptors (Lipinski definition) is 4. The van der Waals surface area contributed by atoms with Gasteiger partial charge in [0.1, 0.15) is 0 Å². The maximum absolute atomic E-state index is 13.4. The summed E-state index contributed by atoms with van der Waals surface area (Å²) >= 11 is 6.33. The van der Waals surface area contributed by atoms with Crippen LogP contribution in [0.2, 0.25) is 5.02 Å². The third-order valence-corrected chi connectivity index (χ3v) is 6.00. The SMILES string of the molecule is Cc1nn(-c2ccccn2)c2nc(C3CC3)cc(C(=O)NC(C)c3ccccc3Cl)c12. The minimum absolute atomic E-state index is 0.162. The predicted octanol–water partition coefficient (Wildman–Crippen LogP) is 5.15. The van der Waals surface area contributed by atoms with Gasteiger partial charge in [-0.1, -0.05) is 35.9 Å². The van der Waals surface area contributed by atoms with Gasteiger partial charge in [-0.25, -0.2) is 9.97 Å². The van der Waals surface area contributed by atoms with E-state index in [1.807, 2.05) is 62.4 Å². The Kier molecular flexibility index (Phi) is 4.94. The zero-order chi connectivity index (χ0) is 21.5. The summed E-state index contributed by atoms with van der Waals surface area (Å²) in [5.74, 6) is 0.909. The molecule has 1 aliphatic rings. The van der Waals surface area contributed by atoms with E-state index in [2.05, 4.69) is 15.4 Å². The van der Waals surface area contributed by atoms with Crippen molar-refractivity contribution in [2.24, 2.45) is 0 Å². The van der Waals surface area contributed by atoms with E-state index in [1.165, 1.54) is 0 Å². The molecule has 1 atom stereocenters. The Labute approximate surface area is 185 Å². The van der Waals surface area contributed by atoms with Gasteiger partial charge in [0.25, 0.3) is 5.91 Å².